The van der Waals surface area contributed by atoms with Crippen LogP contribution in [0.5, 0.6) is 5.75 Å². The summed E-state index contributed by atoms with van der Waals surface area (Å²) in [5.74, 6) is 3.17. The average Bonchev–Trinajstić information content (AvgIpc) is 3.67. The van der Waals surface area contributed by atoms with Crippen molar-refractivity contribution in [1.82, 2.24) is 29.2 Å². The number of methoxy groups -OCH3 is 1. The molecular formula is C30H34N6O. The van der Waals surface area contributed by atoms with Crippen molar-refractivity contribution in [2.24, 2.45) is 0 Å². The minimum Gasteiger partial charge on any atom is -0.495 e. The van der Waals surface area contributed by atoms with Gasteiger partial charge in [0.1, 0.15) is 11.6 Å². The molecule has 4 heterocycles. The van der Waals surface area contributed by atoms with Crippen LogP contribution in [0.4, 0.5) is 0 Å². The molecule has 4 aromatic rings. The van der Waals surface area contributed by atoms with Crippen LogP contribution in [0.3, 0.4) is 0 Å². The normalized spacial score (nSPS) is 19.9. The third kappa shape index (κ3) is 4.96. The van der Waals surface area contributed by atoms with Crippen molar-refractivity contribution >= 4 is 12.2 Å². The zero-order chi connectivity index (χ0) is 25.2. The molecule has 1 saturated heterocycles. The second-order valence-corrected chi connectivity index (χ2v) is 10.2. The number of nitrogens with zero attached hydrogens (tertiary/aromatic N) is 6. The predicted octanol–water partition coefficient (Wildman–Crippen LogP) is 5.49. The molecule has 0 N–H and O–H groups in total. The molecule has 0 aliphatic carbocycles. The number of benzene rings is 2. The number of rotatable bonds is 7. The molecule has 1 fully saturated rings. The molecule has 2 aliphatic heterocycles. The van der Waals surface area contributed by atoms with E-state index in [-0.39, 0.29) is 0 Å². The Labute approximate surface area is 218 Å². The van der Waals surface area contributed by atoms with Crippen molar-refractivity contribution in [2.45, 2.75) is 57.7 Å². The fourth-order valence-corrected chi connectivity index (χ4v) is 5.89. The summed E-state index contributed by atoms with van der Waals surface area (Å²) in [6.45, 7) is 5.10. The van der Waals surface area contributed by atoms with Gasteiger partial charge in [0.15, 0.2) is 5.82 Å². The van der Waals surface area contributed by atoms with Crippen LogP contribution in [0.25, 0.3) is 17.8 Å². The molecule has 2 aromatic heterocycles. The van der Waals surface area contributed by atoms with Crippen LogP contribution in [0.2, 0.25) is 0 Å². The molecule has 7 nitrogen and oxygen atoms in total. The maximum atomic E-state index is 5.67. The number of likely N-dealkylation sites (tertiary alicyclic amines) is 1. The SMILES string of the molecule is COc1cc(/C=C/c2nc3n(n2)CCC[C@H]3[C@H]2CCCN2Cc2ccccc2)ccc1-n1cnc(C)c1. The zero-order valence-corrected chi connectivity index (χ0v) is 21.6. The molecule has 2 aromatic carbocycles. The number of aryl methyl sites for hydroxylation is 2. The summed E-state index contributed by atoms with van der Waals surface area (Å²) in [5.41, 5.74) is 4.38. The van der Waals surface area contributed by atoms with Crippen molar-refractivity contribution in [1.29, 1.82) is 0 Å². The smallest absolute Gasteiger partial charge is 0.174 e. The topological polar surface area (TPSA) is 61.0 Å². The van der Waals surface area contributed by atoms with Gasteiger partial charge in [-0.15, -0.1) is 0 Å². The Morgan fingerprint density at radius 3 is 2.70 bits per heavy atom. The number of ether oxygens (including phenoxy) is 1. The van der Waals surface area contributed by atoms with Gasteiger partial charge in [-0.1, -0.05) is 42.5 Å². The highest BCUT2D eigenvalue weighted by Crippen LogP contribution is 2.37. The summed E-state index contributed by atoms with van der Waals surface area (Å²) < 4.78 is 9.80. The molecule has 0 radical (unpaired) electrons. The van der Waals surface area contributed by atoms with Crippen LogP contribution in [0.1, 0.15) is 60.1 Å². The third-order valence-corrected chi connectivity index (χ3v) is 7.66. The maximum absolute atomic E-state index is 5.67. The number of imidazole rings is 1. The maximum Gasteiger partial charge on any atom is 0.174 e. The fraction of sp³-hybridized carbons (Fsp3) is 0.367. The van der Waals surface area contributed by atoms with Gasteiger partial charge < -0.3 is 9.30 Å². The quantitative estimate of drug-likeness (QED) is 0.340. The summed E-state index contributed by atoms with van der Waals surface area (Å²) in [7, 11) is 1.70. The summed E-state index contributed by atoms with van der Waals surface area (Å²) in [4.78, 5) is 12.0. The highest BCUT2D eigenvalue weighted by Gasteiger charge is 2.37. The monoisotopic (exact) mass is 494 g/mol. The number of fused-ring (bicyclic) bond motifs is 1. The van der Waals surface area contributed by atoms with E-state index in [4.69, 9.17) is 14.8 Å². The third-order valence-electron chi connectivity index (χ3n) is 7.66. The molecule has 7 heteroatoms. The van der Waals surface area contributed by atoms with Gasteiger partial charge in [-0.2, -0.15) is 5.10 Å². The van der Waals surface area contributed by atoms with Gasteiger partial charge in [-0.25, -0.2) is 14.6 Å². The van der Waals surface area contributed by atoms with Crippen molar-refractivity contribution in [3.8, 4) is 11.4 Å². The van der Waals surface area contributed by atoms with E-state index < -0.39 is 0 Å². The van der Waals surface area contributed by atoms with Gasteiger partial charge in [-0.05, 0) is 68.5 Å². The lowest BCUT2D eigenvalue weighted by Gasteiger charge is -2.33. The largest absolute Gasteiger partial charge is 0.495 e. The van der Waals surface area contributed by atoms with Crippen LogP contribution in [0, 0.1) is 6.92 Å². The lowest BCUT2D eigenvalue weighted by Crippen LogP contribution is -2.37. The molecule has 6 rings (SSSR count). The van der Waals surface area contributed by atoms with Crippen LogP contribution in [0.15, 0.2) is 61.1 Å². The van der Waals surface area contributed by atoms with Gasteiger partial charge in [-0.3, -0.25) is 4.90 Å². The first-order valence-corrected chi connectivity index (χ1v) is 13.3. The van der Waals surface area contributed by atoms with E-state index in [1.165, 1.54) is 24.8 Å². The van der Waals surface area contributed by atoms with Gasteiger partial charge in [0, 0.05) is 31.2 Å². The van der Waals surface area contributed by atoms with Gasteiger partial charge >= 0.3 is 0 Å². The zero-order valence-electron chi connectivity index (χ0n) is 21.6. The summed E-state index contributed by atoms with van der Waals surface area (Å²) in [6.07, 6.45) is 12.7. The van der Waals surface area contributed by atoms with E-state index in [2.05, 4.69) is 63.1 Å². The van der Waals surface area contributed by atoms with Crippen LogP contribution in [-0.4, -0.2) is 48.9 Å². The predicted molar refractivity (Wildman–Crippen MR) is 146 cm³/mol. The Kier molecular flexibility index (Phi) is 6.62. The first kappa shape index (κ1) is 23.7. The molecule has 2 atom stereocenters. The Balaban J connectivity index is 1.21. The molecule has 0 bridgehead atoms. The molecule has 0 unspecified atom stereocenters. The van der Waals surface area contributed by atoms with Gasteiger partial charge in [0.2, 0.25) is 0 Å². The highest BCUT2D eigenvalue weighted by molar-refractivity contribution is 5.69. The van der Waals surface area contributed by atoms with Gasteiger partial charge in [0.05, 0.1) is 24.8 Å². The van der Waals surface area contributed by atoms with E-state index in [0.29, 0.717) is 12.0 Å². The minimum absolute atomic E-state index is 0.438. The molecule has 190 valence electrons. The van der Waals surface area contributed by atoms with E-state index in [1.54, 1.807) is 7.11 Å². The second-order valence-electron chi connectivity index (χ2n) is 10.2. The first-order valence-electron chi connectivity index (χ1n) is 13.3. The van der Waals surface area contributed by atoms with Crippen molar-refractivity contribution in [3.63, 3.8) is 0 Å². The molecule has 37 heavy (non-hydrogen) atoms. The molecule has 0 spiro atoms. The van der Waals surface area contributed by atoms with Crippen LogP contribution in [-0.2, 0) is 13.1 Å². The van der Waals surface area contributed by atoms with Crippen molar-refractivity contribution in [2.75, 3.05) is 13.7 Å². The van der Waals surface area contributed by atoms with Gasteiger partial charge in [0.25, 0.3) is 0 Å². The molecular weight excluding hydrogens is 460 g/mol. The van der Waals surface area contributed by atoms with E-state index in [1.807, 2.05) is 36.2 Å². The second kappa shape index (κ2) is 10.3. The Morgan fingerprint density at radius 1 is 1.03 bits per heavy atom. The Bertz CT molecular complexity index is 1390. The van der Waals surface area contributed by atoms with Crippen LogP contribution >= 0.6 is 0 Å². The summed E-state index contributed by atoms with van der Waals surface area (Å²) >= 11 is 0. The Hall–Kier alpha value is -3.71. The van der Waals surface area contributed by atoms with Crippen molar-refractivity contribution in [3.05, 3.63) is 89.5 Å². The number of hydrogen-bond acceptors (Lipinski definition) is 5. The number of aromatic nitrogens is 5. The molecule has 0 saturated carbocycles. The Morgan fingerprint density at radius 2 is 1.89 bits per heavy atom. The lowest BCUT2D eigenvalue weighted by atomic mass is 9.89. The standard InChI is InChI=1S/C30H34N6O/c1-22-19-35(21-31-22)27-14-12-23(18-28(27)37-2)13-15-29-32-30-25(10-6-17-36(30)33-29)26-11-7-16-34(26)20-24-8-4-3-5-9-24/h3-5,8-9,12-15,18-19,21,25-26H,6-7,10-11,16-17,20H2,1-2H3/b15-13+/t25-,26+/m0/s1. The van der Waals surface area contributed by atoms with E-state index in [9.17, 15) is 0 Å². The number of hydrogen-bond donors (Lipinski definition) is 0. The van der Waals surface area contributed by atoms with Crippen molar-refractivity contribution < 1.29 is 4.74 Å². The van der Waals surface area contributed by atoms with E-state index in [0.717, 1.165) is 60.4 Å². The van der Waals surface area contributed by atoms with E-state index >= 15 is 0 Å². The first-order chi connectivity index (χ1) is 18.2. The van der Waals surface area contributed by atoms with Crippen LogP contribution < -0.4 is 4.74 Å². The molecule has 0 amide bonds. The lowest BCUT2D eigenvalue weighted by molar-refractivity contribution is 0.191. The average molecular weight is 495 g/mol. The fourth-order valence-electron chi connectivity index (χ4n) is 5.89. The minimum atomic E-state index is 0.438. The molecule has 2 aliphatic rings. The summed E-state index contributed by atoms with van der Waals surface area (Å²) in [5, 5.41) is 4.86. The highest BCUT2D eigenvalue weighted by atomic mass is 16.5. The summed E-state index contributed by atoms with van der Waals surface area (Å²) in [6, 6.07) is 17.6.